The van der Waals surface area contributed by atoms with E-state index in [1.165, 1.54) is 7.11 Å². The fraction of sp³-hybridized carbons (Fsp3) is 0.571. The molecule has 1 atom stereocenters. The second-order valence-electron chi connectivity index (χ2n) is 1.80. The number of carbonyl (C=O) groups excluding carboxylic acids is 1. The third kappa shape index (κ3) is 3.93. The highest BCUT2D eigenvalue weighted by Crippen LogP contribution is 1.96. The quantitative estimate of drug-likeness (QED) is 0.443. The molecular formula is C7H10O3. The van der Waals surface area contributed by atoms with Gasteiger partial charge < -0.3 is 9.84 Å². The first kappa shape index (κ1) is 8.99. The summed E-state index contributed by atoms with van der Waals surface area (Å²) in [5.74, 6) is 1.74. The van der Waals surface area contributed by atoms with E-state index in [2.05, 4.69) is 10.7 Å². The minimum atomic E-state index is -0.834. The maximum Gasteiger partial charge on any atom is 0.305 e. The molecule has 56 valence electrons. The van der Waals surface area contributed by atoms with Crippen molar-refractivity contribution in [1.82, 2.24) is 0 Å². The summed E-state index contributed by atoms with van der Waals surface area (Å²) in [5.41, 5.74) is 0. The molecular weight excluding hydrogens is 132 g/mol. The van der Waals surface area contributed by atoms with Gasteiger partial charge in [-0.3, -0.25) is 4.79 Å². The van der Waals surface area contributed by atoms with Crippen molar-refractivity contribution >= 4 is 5.97 Å². The third-order valence-electron chi connectivity index (χ3n) is 1.04. The van der Waals surface area contributed by atoms with Crippen molar-refractivity contribution < 1.29 is 14.6 Å². The Morgan fingerprint density at radius 3 is 2.90 bits per heavy atom. The number of esters is 1. The van der Waals surface area contributed by atoms with Crippen LogP contribution >= 0.6 is 0 Å². The molecule has 0 aromatic heterocycles. The lowest BCUT2D eigenvalue weighted by atomic mass is 10.2. The molecule has 0 aromatic carbocycles. The lowest BCUT2D eigenvalue weighted by Crippen LogP contribution is -2.07. The van der Waals surface area contributed by atoms with Gasteiger partial charge in [-0.05, 0) is 6.42 Å². The van der Waals surface area contributed by atoms with E-state index in [-0.39, 0.29) is 18.8 Å². The molecule has 0 aliphatic carbocycles. The van der Waals surface area contributed by atoms with E-state index in [4.69, 9.17) is 11.5 Å². The summed E-state index contributed by atoms with van der Waals surface area (Å²) in [7, 11) is 1.30. The summed E-state index contributed by atoms with van der Waals surface area (Å²) in [6.45, 7) is 0. The van der Waals surface area contributed by atoms with Gasteiger partial charge in [-0.15, -0.1) is 6.42 Å². The molecule has 0 aliphatic heterocycles. The first-order valence-electron chi connectivity index (χ1n) is 2.91. The van der Waals surface area contributed by atoms with Crippen molar-refractivity contribution in [1.29, 1.82) is 0 Å². The monoisotopic (exact) mass is 142 g/mol. The average molecular weight is 142 g/mol. The number of terminal acetylenes is 1. The van der Waals surface area contributed by atoms with Crippen molar-refractivity contribution in [2.24, 2.45) is 0 Å². The number of ether oxygens (including phenoxy) is 1. The van der Waals surface area contributed by atoms with E-state index < -0.39 is 6.10 Å². The van der Waals surface area contributed by atoms with E-state index in [0.717, 1.165) is 0 Å². The lowest BCUT2D eigenvalue weighted by molar-refractivity contribution is -0.141. The summed E-state index contributed by atoms with van der Waals surface area (Å²) in [6.07, 6.45) is 4.45. The predicted octanol–water partition coefficient (Wildman–Crippen LogP) is -0.0663. The van der Waals surface area contributed by atoms with Crippen LogP contribution in [0.4, 0.5) is 0 Å². The zero-order valence-electron chi connectivity index (χ0n) is 5.83. The minimum Gasteiger partial charge on any atom is -0.469 e. The molecule has 1 N–H and O–H groups in total. The molecule has 10 heavy (non-hydrogen) atoms. The van der Waals surface area contributed by atoms with E-state index in [1.807, 2.05) is 0 Å². The zero-order chi connectivity index (χ0) is 7.98. The fourth-order valence-electron chi connectivity index (χ4n) is 0.440. The van der Waals surface area contributed by atoms with Crippen LogP contribution in [0.2, 0.25) is 0 Å². The molecule has 0 aliphatic rings. The second-order valence-corrected chi connectivity index (χ2v) is 1.80. The van der Waals surface area contributed by atoms with Crippen LogP contribution in [-0.4, -0.2) is 24.3 Å². The van der Waals surface area contributed by atoms with Crippen molar-refractivity contribution in [3.63, 3.8) is 0 Å². The molecule has 0 spiro atoms. The second kappa shape index (κ2) is 4.83. The molecule has 0 aromatic rings. The van der Waals surface area contributed by atoms with Gasteiger partial charge in [-0.1, -0.05) is 5.92 Å². The minimum absolute atomic E-state index is 0.169. The van der Waals surface area contributed by atoms with Crippen LogP contribution in [0.5, 0.6) is 0 Å². The molecule has 0 amide bonds. The Hall–Kier alpha value is -1.01. The largest absolute Gasteiger partial charge is 0.469 e. The molecule has 0 saturated carbocycles. The molecule has 3 heteroatoms. The van der Waals surface area contributed by atoms with E-state index >= 15 is 0 Å². The van der Waals surface area contributed by atoms with Crippen LogP contribution in [0.25, 0.3) is 0 Å². The highest BCUT2D eigenvalue weighted by molar-refractivity contribution is 5.69. The van der Waals surface area contributed by atoms with Crippen LogP contribution in [0, 0.1) is 12.3 Å². The molecule has 0 heterocycles. The molecule has 1 unspecified atom stereocenters. The summed E-state index contributed by atoms with van der Waals surface area (Å²) in [6, 6.07) is 0. The van der Waals surface area contributed by atoms with Gasteiger partial charge in [-0.2, -0.15) is 0 Å². The maximum atomic E-state index is 10.4. The van der Waals surface area contributed by atoms with Gasteiger partial charge in [0.25, 0.3) is 0 Å². The van der Waals surface area contributed by atoms with E-state index in [1.54, 1.807) is 0 Å². The predicted molar refractivity (Wildman–Crippen MR) is 36.1 cm³/mol. The molecule has 0 rings (SSSR count). The van der Waals surface area contributed by atoms with Gasteiger partial charge in [0, 0.05) is 6.42 Å². The summed E-state index contributed by atoms with van der Waals surface area (Å²) in [4.78, 5) is 10.4. The number of methoxy groups -OCH3 is 1. The Labute approximate surface area is 60.0 Å². The van der Waals surface area contributed by atoms with Crippen LogP contribution in [-0.2, 0) is 9.53 Å². The van der Waals surface area contributed by atoms with Crippen molar-refractivity contribution in [3.05, 3.63) is 0 Å². The van der Waals surface area contributed by atoms with Gasteiger partial charge in [0.15, 0.2) is 0 Å². The topological polar surface area (TPSA) is 46.5 Å². The number of aliphatic hydroxyl groups excluding tert-OH is 1. The Bertz CT molecular complexity index is 145. The highest BCUT2D eigenvalue weighted by Gasteiger charge is 2.03. The maximum absolute atomic E-state index is 10.4. The average Bonchev–Trinajstić information content (AvgIpc) is 1.99. The summed E-state index contributed by atoms with van der Waals surface area (Å²) >= 11 is 0. The van der Waals surface area contributed by atoms with E-state index in [0.29, 0.717) is 0 Å². The summed E-state index contributed by atoms with van der Waals surface area (Å²) < 4.78 is 4.33. The normalized spacial score (nSPS) is 11.7. The smallest absolute Gasteiger partial charge is 0.305 e. The standard InChI is InChI=1S/C7H10O3/c1-3-6(8)4-5-7(9)10-2/h1,6,8H,4-5H2,2H3. The van der Waals surface area contributed by atoms with Gasteiger partial charge in [-0.25, -0.2) is 0 Å². The first-order valence-corrected chi connectivity index (χ1v) is 2.91. The Kier molecular flexibility index (Phi) is 4.34. The molecule has 0 radical (unpaired) electrons. The Morgan fingerprint density at radius 1 is 1.90 bits per heavy atom. The summed E-state index contributed by atoms with van der Waals surface area (Å²) in [5, 5.41) is 8.76. The number of carbonyl (C=O) groups is 1. The molecule has 0 bridgehead atoms. The van der Waals surface area contributed by atoms with Crippen molar-refractivity contribution in [2.45, 2.75) is 18.9 Å². The van der Waals surface area contributed by atoms with E-state index in [9.17, 15) is 4.79 Å². The molecule has 3 nitrogen and oxygen atoms in total. The Morgan fingerprint density at radius 2 is 2.50 bits per heavy atom. The SMILES string of the molecule is C#CC(O)CCC(=O)OC. The number of aliphatic hydroxyl groups is 1. The van der Waals surface area contributed by atoms with Crippen molar-refractivity contribution in [2.75, 3.05) is 7.11 Å². The van der Waals surface area contributed by atoms with Gasteiger partial charge in [0.2, 0.25) is 0 Å². The fourth-order valence-corrected chi connectivity index (χ4v) is 0.440. The van der Waals surface area contributed by atoms with Crippen molar-refractivity contribution in [3.8, 4) is 12.3 Å². The van der Waals surface area contributed by atoms with Crippen LogP contribution < -0.4 is 0 Å². The first-order chi connectivity index (χ1) is 4.70. The number of rotatable bonds is 3. The van der Waals surface area contributed by atoms with Gasteiger partial charge in [0.05, 0.1) is 7.11 Å². The third-order valence-corrected chi connectivity index (χ3v) is 1.04. The molecule has 0 saturated heterocycles. The number of hydrogen-bond donors (Lipinski definition) is 1. The zero-order valence-corrected chi connectivity index (χ0v) is 5.83. The lowest BCUT2D eigenvalue weighted by Gasteiger charge is -2.00. The molecule has 0 fully saturated rings. The number of hydrogen-bond acceptors (Lipinski definition) is 3. The van der Waals surface area contributed by atoms with Crippen LogP contribution in [0.1, 0.15) is 12.8 Å². The Balaban J connectivity index is 3.37. The van der Waals surface area contributed by atoms with Gasteiger partial charge >= 0.3 is 5.97 Å². The highest BCUT2D eigenvalue weighted by atomic mass is 16.5. The van der Waals surface area contributed by atoms with Crippen LogP contribution in [0.15, 0.2) is 0 Å². The van der Waals surface area contributed by atoms with Crippen LogP contribution in [0.3, 0.4) is 0 Å². The van der Waals surface area contributed by atoms with Gasteiger partial charge in [0.1, 0.15) is 6.10 Å².